The van der Waals surface area contributed by atoms with E-state index in [4.69, 9.17) is 0 Å². The van der Waals surface area contributed by atoms with Crippen LogP contribution in [-0.2, 0) is 16.9 Å². The van der Waals surface area contributed by atoms with Gasteiger partial charge >= 0.3 is 0 Å². The van der Waals surface area contributed by atoms with E-state index in [1.807, 2.05) is 0 Å². The number of hydrogen-bond acceptors (Lipinski definition) is 4. The molecule has 0 spiro atoms. The minimum Gasteiger partial charge on any atom is -0.315 e. The topological polar surface area (TPSA) is 73.4 Å². The lowest BCUT2D eigenvalue weighted by atomic mass is 10.1. The SMILES string of the molecule is Cn1cc(-c2cc(S(C)(=O)=O)ccc2F)n2cncc2c1=O. The van der Waals surface area contributed by atoms with Crippen molar-refractivity contribution in [2.75, 3.05) is 6.26 Å². The van der Waals surface area contributed by atoms with Crippen LogP contribution in [0.2, 0.25) is 0 Å². The van der Waals surface area contributed by atoms with Crippen LogP contribution in [0.25, 0.3) is 16.8 Å². The maximum absolute atomic E-state index is 14.2. The standard InChI is InChI=1S/C14H12FN3O3S/c1-17-7-13(18-8-16-6-12(18)14(17)19)10-5-9(22(2,20)21)3-4-11(10)15/h3-8H,1-2H3. The minimum atomic E-state index is -3.47. The van der Waals surface area contributed by atoms with Crippen molar-refractivity contribution in [2.24, 2.45) is 7.05 Å². The van der Waals surface area contributed by atoms with E-state index in [1.165, 1.54) is 46.9 Å². The number of benzene rings is 1. The van der Waals surface area contributed by atoms with Crippen molar-refractivity contribution in [3.8, 4) is 11.3 Å². The third kappa shape index (κ3) is 2.21. The molecule has 0 atom stereocenters. The number of aryl methyl sites for hydroxylation is 1. The Labute approximate surface area is 125 Å². The average Bonchev–Trinajstić information content (AvgIpc) is 2.92. The second-order valence-corrected chi connectivity index (χ2v) is 7.01. The van der Waals surface area contributed by atoms with Crippen molar-refractivity contribution in [2.45, 2.75) is 4.90 Å². The van der Waals surface area contributed by atoms with Crippen molar-refractivity contribution in [1.29, 1.82) is 0 Å². The van der Waals surface area contributed by atoms with E-state index in [0.717, 1.165) is 12.3 Å². The van der Waals surface area contributed by atoms with Gasteiger partial charge in [0.05, 0.1) is 23.1 Å². The molecule has 0 fully saturated rings. The van der Waals surface area contributed by atoms with Gasteiger partial charge in [-0.25, -0.2) is 17.8 Å². The van der Waals surface area contributed by atoms with Gasteiger partial charge in [-0.2, -0.15) is 0 Å². The fraction of sp³-hybridized carbons (Fsp3) is 0.143. The quantitative estimate of drug-likeness (QED) is 0.666. The fourth-order valence-electron chi connectivity index (χ4n) is 2.26. The summed E-state index contributed by atoms with van der Waals surface area (Å²) in [5.74, 6) is -0.582. The zero-order valence-corrected chi connectivity index (χ0v) is 12.6. The average molecular weight is 321 g/mol. The number of hydrogen-bond donors (Lipinski definition) is 0. The molecule has 3 rings (SSSR count). The van der Waals surface area contributed by atoms with E-state index in [9.17, 15) is 17.6 Å². The Hall–Kier alpha value is -2.48. The molecule has 0 aliphatic heterocycles. The molecule has 0 bridgehead atoms. The maximum atomic E-state index is 14.2. The van der Waals surface area contributed by atoms with E-state index in [2.05, 4.69) is 4.98 Å². The molecule has 0 aliphatic carbocycles. The van der Waals surface area contributed by atoms with Crippen LogP contribution in [-0.4, -0.2) is 28.6 Å². The van der Waals surface area contributed by atoms with Gasteiger partial charge in [0.2, 0.25) is 0 Å². The van der Waals surface area contributed by atoms with E-state index >= 15 is 0 Å². The molecule has 114 valence electrons. The van der Waals surface area contributed by atoms with Crippen LogP contribution in [0.5, 0.6) is 0 Å². The summed E-state index contributed by atoms with van der Waals surface area (Å²) in [6, 6.07) is 3.56. The first kappa shape index (κ1) is 14.5. The molecule has 0 radical (unpaired) electrons. The molecule has 1 aromatic carbocycles. The Kier molecular flexibility index (Phi) is 3.13. The van der Waals surface area contributed by atoms with Crippen LogP contribution < -0.4 is 5.56 Å². The summed E-state index contributed by atoms with van der Waals surface area (Å²) in [5, 5.41) is 0. The highest BCUT2D eigenvalue weighted by molar-refractivity contribution is 7.90. The van der Waals surface area contributed by atoms with Crippen LogP contribution in [0, 0.1) is 5.82 Å². The predicted molar refractivity (Wildman–Crippen MR) is 78.9 cm³/mol. The third-order valence-electron chi connectivity index (χ3n) is 3.40. The predicted octanol–water partition coefficient (Wildman–Crippen LogP) is 1.24. The zero-order valence-electron chi connectivity index (χ0n) is 11.8. The van der Waals surface area contributed by atoms with Gasteiger partial charge in [-0.1, -0.05) is 0 Å². The number of sulfone groups is 1. The van der Waals surface area contributed by atoms with Gasteiger partial charge in [0.1, 0.15) is 11.3 Å². The van der Waals surface area contributed by atoms with Crippen LogP contribution in [0.3, 0.4) is 0 Å². The Bertz CT molecular complexity index is 1050. The van der Waals surface area contributed by atoms with Crippen LogP contribution in [0.4, 0.5) is 4.39 Å². The number of rotatable bonds is 2. The molecule has 0 N–H and O–H groups in total. The van der Waals surface area contributed by atoms with Crippen LogP contribution in [0.15, 0.2) is 46.6 Å². The molecule has 8 heteroatoms. The van der Waals surface area contributed by atoms with Crippen molar-refractivity contribution in [3.63, 3.8) is 0 Å². The van der Waals surface area contributed by atoms with Crippen LogP contribution in [0.1, 0.15) is 0 Å². The first-order valence-electron chi connectivity index (χ1n) is 6.31. The molecule has 22 heavy (non-hydrogen) atoms. The van der Waals surface area contributed by atoms with Crippen molar-refractivity contribution < 1.29 is 12.8 Å². The van der Waals surface area contributed by atoms with E-state index in [0.29, 0.717) is 5.69 Å². The molecule has 0 saturated heterocycles. The van der Waals surface area contributed by atoms with Gasteiger partial charge in [-0.05, 0) is 18.2 Å². The van der Waals surface area contributed by atoms with Gasteiger partial charge in [0.15, 0.2) is 9.84 Å². The molecule has 2 heterocycles. The molecule has 0 amide bonds. The highest BCUT2D eigenvalue weighted by Gasteiger charge is 2.16. The van der Waals surface area contributed by atoms with Gasteiger partial charge in [0, 0.05) is 25.1 Å². The molecule has 6 nitrogen and oxygen atoms in total. The monoisotopic (exact) mass is 321 g/mol. The lowest BCUT2D eigenvalue weighted by Crippen LogP contribution is -2.19. The Morgan fingerprint density at radius 2 is 2.00 bits per heavy atom. The normalized spacial score (nSPS) is 12.0. The smallest absolute Gasteiger partial charge is 0.276 e. The molecule has 0 unspecified atom stereocenters. The summed E-state index contributed by atoms with van der Waals surface area (Å²) in [7, 11) is -1.93. The Balaban J connectivity index is 2.40. The summed E-state index contributed by atoms with van der Waals surface area (Å²) >= 11 is 0. The molecular weight excluding hydrogens is 309 g/mol. The van der Waals surface area contributed by atoms with Crippen molar-refractivity contribution >= 4 is 15.4 Å². The Morgan fingerprint density at radius 3 is 2.68 bits per heavy atom. The van der Waals surface area contributed by atoms with E-state index in [-0.39, 0.29) is 21.5 Å². The highest BCUT2D eigenvalue weighted by atomic mass is 32.2. The largest absolute Gasteiger partial charge is 0.315 e. The molecule has 0 aliphatic rings. The Morgan fingerprint density at radius 1 is 1.27 bits per heavy atom. The number of nitrogens with zero attached hydrogens (tertiary/aromatic N) is 3. The van der Waals surface area contributed by atoms with Crippen LogP contribution >= 0.6 is 0 Å². The number of halogens is 1. The second kappa shape index (κ2) is 4.77. The summed E-state index contributed by atoms with van der Waals surface area (Å²) in [4.78, 5) is 15.9. The molecular formula is C14H12FN3O3S. The minimum absolute atomic E-state index is 0.00557. The molecule has 2 aromatic heterocycles. The molecule has 0 saturated carbocycles. The van der Waals surface area contributed by atoms with Crippen molar-refractivity contribution in [1.82, 2.24) is 14.0 Å². The zero-order chi connectivity index (χ0) is 16.1. The highest BCUT2D eigenvalue weighted by Crippen LogP contribution is 2.25. The van der Waals surface area contributed by atoms with E-state index in [1.54, 1.807) is 0 Å². The number of aromatic nitrogens is 3. The van der Waals surface area contributed by atoms with Crippen molar-refractivity contribution in [3.05, 3.63) is 53.1 Å². The first-order valence-corrected chi connectivity index (χ1v) is 8.20. The van der Waals surface area contributed by atoms with Gasteiger partial charge < -0.3 is 4.57 Å². The lowest BCUT2D eigenvalue weighted by Gasteiger charge is -2.10. The summed E-state index contributed by atoms with van der Waals surface area (Å²) in [6.45, 7) is 0. The summed E-state index contributed by atoms with van der Waals surface area (Å²) < 4.78 is 40.3. The molecule has 3 aromatic rings. The maximum Gasteiger partial charge on any atom is 0.276 e. The lowest BCUT2D eigenvalue weighted by molar-refractivity contribution is 0.600. The summed E-state index contributed by atoms with van der Waals surface area (Å²) in [6.07, 6.45) is 5.27. The number of fused-ring (bicyclic) bond motifs is 1. The first-order chi connectivity index (χ1) is 10.3. The third-order valence-corrected chi connectivity index (χ3v) is 4.51. The van der Waals surface area contributed by atoms with Gasteiger partial charge in [-0.3, -0.25) is 9.20 Å². The van der Waals surface area contributed by atoms with Gasteiger partial charge in [0.25, 0.3) is 5.56 Å². The second-order valence-electron chi connectivity index (χ2n) is 4.99. The summed E-state index contributed by atoms with van der Waals surface area (Å²) in [5.41, 5.74) is 0.434. The van der Waals surface area contributed by atoms with Gasteiger partial charge in [-0.15, -0.1) is 0 Å². The van der Waals surface area contributed by atoms with E-state index < -0.39 is 15.7 Å². The number of imidazole rings is 1. The fourth-order valence-corrected chi connectivity index (χ4v) is 2.91.